The predicted octanol–water partition coefficient (Wildman–Crippen LogP) is 2.25. The first-order valence-corrected chi connectivity index (χ1v) is 6.07. The van der Waals surface area contributed by atoms with Gasteiger partial charge in [-0.2, -0.15) is 0 Å². The van der Waals surface area contributed by atoms with E-state index in [0.717, 1.165) is 0 Å². The monoisotopic (exact) mass is 296 g/mol. The third-order valence-corrected chi connectivity index (χ3v) is 2.35. The maximum Gasteiger partial charge on any atom is 0.408 e. The molecule has 1 amide bonds. The molecule has 1 unspecified atom stereocenters. The number of hydrogen-bond acceptors (Lipinski definition) is 5. The number of carbonyl (C=O) groups is 2. The molecule has 0 fully saturated rings. The topological polar surface area (TPSA) is 119 Å². The predicted molar refractivity (Wildman–Crippen MR) is 72.8 cm³/mol. The van der Waals surface area contributed by atoms with Gasteiger partial charge in [-0.1, -0.05) is 12.1 Å². The van der Waals surface area contributed by atoms with Gasteiger partial charge < -0.3 is 15.2 Å². The normalized spacial score (nSPS) is 12.3. The highest BCUT2D eigenvalue weighted by atomic mass is 16.6. The first-order valence-electron chi connectivity index (χ1n) is 6.07. The summed E-state index contributed by atoms with van der Waals surface area (Å²) in [5, 5.41) is 22.2. The second kappa shape index (κ2) is 6.21. The van der Waals surface area contributed by atoms with Gasteiger partial charge in [-0.05, 0) is 26.8 Å². The number of amides is 1. The summed E-state index contributed by atoms with van der Waals surface area (Å²) < 4.78 is 4.96. The molecular weight excluding hydrogens is 280 g/mol. The molecule has 1 aromatic carbocycles. The van der Waals surface area contributed by atoms with Crippen LogP contribution in [-0.4, -0.2) is 27.7 Å². The van der Waals surface area contributed by atoms with E-state index < -0.39 is 28.6 Å². The minimum Gasteiger partial charge on any atom is -0.479 e. The molecule has 0 saturated heterocycles. The lowest BCUT2D eigenvalue weighted by Crippen LogP contribution is -2.38. The van der Waals surface area contributed by atoms with E-state index in [1.54, 1.807) is 20.8 Å². The van der Waals surface area contributed by atoms with Crippen molar-refractivity contribution >= 4 is 17.7 Å². The smallest absolute Gasteiger partial charge is 0.408 e. The molecule has 0 aromatic heterocycles. The number of alkyl carbamates (subject to hydrolysis) is 1. The summed E-state index contributed by atoms with van der Waals surface area (Å²) in [7, 11) is 0. The number of carboxylic acid groups (broad SMARTS) is 1. The van der Waals surface area contributed by atoms with Crippen LogP contribution in [0.4, 0.5) is 10.5 Å². The van der Waals surface area contributed by atoms with Crippen LogP contribution in [0.1, 0.15) is 32.4 Å². The Kier molecular flexibility index (Phi) is 4.85. The molecule has 0 radical (unpaired) electrons. The van der Waals surface area contributed by atoms with Crippen LogP contribution in [0.2, 0.25) is 0 Å². The largest absolute Gasteiger partial charge is 0.479 e. The van der Waals surface area contributed by atoms with Gasteiger partial charge in [0.15, 0.2) is 6.04 Å². The number of nitro benzene ring substituents is 1. The fourth-order valence-electron chi connectivity index (χ4n) is 1.60. The molecule has 114 valence electrons. The molecule has 1 rings (SSSR count). The number of para-hydroxylation sites is 1. The number of rotatable bonds is 4. The van der Waals surface area contributed by atoms with Crippen LogP contribution in [0.3, 0.4) is 0 Å². The summed E-state index contributed by atoms with van der Waals surface area (Å²) in [6.07, 6.45) is -0.965. The Morgan fingerprint density at radius 2 is 1.90 bits per heavy atom. The Morgan fingerprint density at radius 3 is 2.38 bits per heavy atom. The quantitative estimate of drug-likeness (QED) is 0.649. The van der Waals surface area contributed by atoms with Crippen LogP contribution in [0.25, 0.3) is 0 Å². The maximum atomic E-state index is 11.7. The Morgan fingerprint density at radius 1 is 1.33 bits per heavy atom. The minimum atomic E-state index is -1.57. The summed E-state index contributed by atoms with van der Waals surface area (Å²) in [6, 6.07) is 3.74. The number of aliphatic carboxylic acids is 1. The number of nitrogens with one attached hydrogen (secondary N) is 1. The van der Waals surface area contributed by atoms with Crippen molar-refractivity contribution in [3.05, 3.63) is 39.9 Å². The number of benzene rings is 1. The highest BCUT2D eigenvalue weighted by Gasteiger charge is 2.30. The van der Waals surface area contributed by atoms with Crippen LogP contribution in [0.5, 0.6) is 0 Å². The number of ether oxygens (including phenoxy) is 1. The van der Waals surface area contributed by atoms with Gasteiger partial charge in [0.05, 0.1) is 10.5 Å². The summed E-state index contributed by atoms with van der Waals surface area (Å²) in [6.45, 7) is 4.86. The zero-order valence-corrected chi connectivity index (χ0v) is 11.8. The van der Waals surface area contributed by atoms with E-state index in [4.69, 9.17) is 4.74 Å². The lowest BCUT2D eigenvalue weighted by Gasteiger charge is -2.22. The first-order chi connectivity index (χ1) is 9.61. The molecule has 0 aliphatic heterocycles. The second-order valence-corrected chi connectivity index (χ2v) is 5.23. The van der Waals surface area contributed by atoms with Gasteiger partial charge in [0.2, 0.25) is 0 Å². The van der Waals surface area contributed by atoms with E-state index in [0.29, 0.717) is 0 Å². The molecule has 2 N–H and O–H groups in total. The molecule has 0 bridgehead atoms. The van der Waals surface area contributed by atoms with Gasteiger partial charge in [0, 0.05) is 6.07 Å². The maximum absolute atomic E-state index is 11.7. The zero-order chi connectivity index (χ0) is 16.2. The van der Waals surface area contributed by atoms with Crippen LogP contribution in [0, 0.1) is 10.1 Å². The molecular formula is C13H16N2O6. The molecule has 0 spiro atoms. The van der Waals surface area contributed by atoms with Gasteiger partial charge in [-0.25, -0.2) is 9.59 Å². The Bertz CT molecular complexity index is 564. The fourth-order valence-corrected chi connectivity index (χ4v) is 1.60. The summed E-state index contributed by atoms with van der Waals surface area (Å²) >= 11 is 0. The third-order valence-electron chi connectivity index (χ3n) is 2.35. The van der Waals surface area contributed by atoms with E-state index >= 15 is 0 Å². The standard InChI is InChI=1S/C13H16N2O6/c1-13(2,3)21-12(18)14-10(11(16)17)8-6-4-5-7-9(8)15(19)20/h4-7,10H,1-3H3,(H,14,18)(H,16,17). The molecule has 0 aliphatic rings. The SMILES string of the molecule is CC(C)(C)OC(=O)NC(C(=O)O)c1ccccc1[N+](=O)[O-]. The molecule has 0 saturated carbocycles. The van der Waals surface area contributed by atoms with Crippen molar-refractivity contribution in [2.45, 2.75) is 32.4 Å². The Labute approximate surface area is 120 Å². The highest BCUT2D eigenvalue weighted by molar-refractivity contribution is 5.82. The summed E-state index contributed by atoms with van der Waals surface area (Å²) in [5.41, 5.74) is -1.32. The van der Waals surface area contributed by atoms with Gasteiger partial charge in [-0.3, -0.25) is 10.1 Å². The van der Waals surface area contributed by atoms with E-state index in [2.05, 4.69) is 5.32 Å². The Balaban J connectivity index is 3.06. The van der Waals surface area contributed by atoms with Crippen molar-refractivity contribution in [1.82, 2.24) is 5.32 Å². The lowest BCUT2D eigenvalue weighted by atomic mass is 10.1. The fraction of sp³-hybridized carbons (Fsp3) is 0.385. The summed E-state index contributed by atoms with van der Waals surface area (Å²) in [5.74, 6) is -1.42. The molecule has 1 atom stereocenters. The van der Waals surface area contributed by atoms with Crippen molar-refractivity contribution < 1.29 is 24.4 Å². The highest BCUT2D eigenvalue weighted by Crippen LogP contribution is 2.25. The number of carboxylic acids is 1. The second-order valence-electron chi connectivity index (χ2n) is 5.23. The number of carbonyl (C=O) groups excluding carboxylic acids is 1. The van der Waals surface area contributed by atoms with Gasteiger partial charge in [0.1, 0.15) is 5.60 Å². The van der Waals surface area contributed by atoms with Crippen molar-refractivity contribution in [3.63, 3.8) is 0 Å². The third kappa shape index (κ3) is 4.75. The van der Waals surface area contributed by atoms with Gasteiger partial charge in [0.25, 0.3) is 5.69 Å². The van der Waals surface area contributed by atoms with Crippen molar-refractivity contribution in [2.75, 3.05) is 0 Å². The van der Waals surface area contributed by atoms with Crippen LogP contribution >= 0.6 is 0 Å². The number of nitrogens with zero attached hydrogens (tertiary/aromatic N) is 1. The lowest BCUT2D eigenvalue weighted by molar-refractivity contribution is -0.385. The first kappa shape index (κ1) is 16.4. The van der Waals surface area contributed by atoms with E-state index in [1.165, 1.54) is 24.3 Å². The Hall–Kier alpha value is -2.64. The van der Waals surface area contributed by atoms with Crippen molar-refractivity contribution in [3.8, 4) is 0 Å². The molecule has 0 heterocycles. The van der Waals surface area contributed by atoms with Crippen molar-refractivity contribution in [1.29, 1.82) is 0 Å². The van der Waals surface area contributed by atoms with E-state index in [1.807, 2.05) is 0 Å². The molecule has 8 nitrogen and oxygen atoms in total. The minimum absolute atomic E-state index is 0.124. The molecule has 1 aromatic rings. The molecule has 0 aliphatic carbocycles. The number of hydrogen-bond donors (Lipinski definition) is 2. The number of nitro groups is 1. The van der Waals surface area contributed by atoms with Crippen LogP contribution < -0.4 is 5.32 Å². The average molecular weight is 296 g/mol. The van der Waals surface area contributed by atoms with Gasteiger partial charge >= 0.3 is 12.1 Å². The van der Waals surface area contributed by atoms with Crippen molar-refractivity contribution in [2.24, 2.45) is 0 Å². The van der Waals surface area contributed by atoms with E-state index in [-0.39, 0.29) is 11.3 Å². The van der Waals surface area contributed by atoms with Crippen LogP contribution in [-0.2, 0) is 9.53 Å². The van der Waals surface area contributed by atoms with Gasteiger partial charge in [-0.15, -0.1) is 0 Å². The van der Waals surface area contributed by atoms with E-state index in [9.17, 15) is 24.8 Å². The average Bonchev–Trinajstić information content (AvgIpc) is 2.33. The zero-order valence-electron chi connectivity index (χ0n) is 11.8. The summed E-state index contributed by atoms with van der Waals surface area (Å²) in [4.78, 5) is 33.2. The molecule has 21 heavy (non-hydrogen) atoms. The van der Waals surface area contributed by atoms with Crippen LogP contribution in [0.15, 0.2) is 24.3 Å². The molecule has 8 heteroatoms.